The molecule has 98 valence electrons. The molecule has 2 unspecified atom stereocenters. The van der Waals surface area contributed by atoms with Gasteiger partial charge in [-0.25, -0.2) is 4.79 Å². The third-order valence-corrected chi connectivity index (χ3v) is 3.03. The lowest BCUT2D eigenvalue weighted by molar-refractivity contribution is -0.143. The molecule has 3 atom stereocenters. The molecule has 5 nitrogen and oxygen atoms in total. The van der Waals surface area contributed by atoms with Gasteiger partial charge in [-0.15, -0.1) is 0 Å². The lowest BCUT2D eigenvalue weighted by Crippen LogP contribution is -2.45. The minimum Gasteiger partial charge on any atom is -0.480 e. The van der Waals surface area contributed by atoms with Crippen molar-refractivity contribution in [1.29, 1.82) is 0 Å². The van der Waals surface area contributed by atoms with Gasteiger partial charge >= 0.3 is 5.97 Å². The summed E-state index contributed by atoms with van der Waals surface area (Å²) in [7, 11) is 0. The zero-order chi connectivity index (χ0) is 13.0. The van der Waals surface area contributed by atoms with Crippen molar-refractivity contribution < 1.29 is 19.4 Å². The van der Waals surface area contributed by atoms with Crippen LogP contribution in [0.3, 0.4) is 0 Å². The van der Waals surface area contributed by atoms with Crippen LogP contribution in [0.1, 0.15) is 33.6 Å². The van der Waals surface area contributed by atoms with E-state index < -0.39 is 12.0 Å². The Labute approximate surface area is 102 Å². The zero-order valence-corrected chi connectivity index (χ0v) is 10.6. The lowest BCUT2D eigenvalue weighted by atomic mass is 9.99. The van der Waals surface area contributed by atoms with Crippen LogP contribution >= 0.6 is 0 Å². The van der Waals surface area contributed by atoms with Crippen molar-refractivity contribution in [2.75, 3.05) is 6.61 Å². The summed E-state index contributed by atoms with van der Waals surface area (Å²) < 4.78 is 5.30. The SMILES string of the molecule is CC(C)C[C@@H](NC(=O)C1CCOC1C)C(=O)O. The molecule has 1 aliphatic rings. The molecule has 0 aromatic heterocycles. The second-order valence-corrected chi connectivity index (χ2v) is 5.00. The number of hydrogen-bond donors (Lipinski definition) is 2. The number of carboxylic acid groups (broad SMARTS) is 1. The topological polar surface area (TPSA) is 75.6 Å². The number of rotatable bonds is 5. The lowest BCUT2D eigenvalue weighted by Gasteiger charge is -2.20. The van der Waals surface area contributed by atoms with Gasteiger partial charge in [0.05, 0.1) is 12.0 Å². The molecule has 2 N–H and O–H groups in total. The van der Waals surface area contributed by atoms with Crippen molar-refractivity contribution in [3.8, 4) is 0 Å². The highest BCUT2D eigenvalue weighted by molar-refractivity contribution is 5.85. The minimum absolute atomic E-state index is 0.122. The van der Waals surface area contributed by atoms with Crippen LogP contribution in [0.5, 0.6) is 0 Å². The molecule has 1 saturated heterocycles. The van der Waals surface area contributed by atoms with Gasteiger partial charge in [0, 0.05) is 6.61 Å². The molecule has 0 saturated carbocycles. The summed E-state index contributed by atoms with van der Waals surface area (Å²) in [6.07, 6.45) is 0.993. The van der Waals surface area contributed by atoms with E-state index in [1.54, 1.807) is 0 Å². The van der Waals surface area contributed by atoms with Crippen molar-refractivity contribution in [2.45, 2.75) is 45.8 Å². The Hall–Kier alpha value is -1.10. The molecule has 5 heteroatoms. The Morgan fingerprint density at radius 2 is 2.12 bits per heavy atom. The van der Waals surface area contributed by atoms with Crippen LogP contribution in [0.15, 0.2) is 0 Å². The highest BCUT2D eigenvalue weighted by Crippen LogP contribution is 2.20. The molecule has 1 rings (SSSR count). The van der Waals surface area contributed by atoms with Gasteiger partial charge < -0.3 is 15.2 Å². The molecule has 0 aliphatic carbocycles. The summed E-state index contributed by atoms with van der Waals surface area (Å²) in [6, 6.07) is -0.796. The Bertz CT molecular complexity index is 290. The van der Waals surface area contributed by atoms with E-state index in [0.29, 0.717) is 19.4 Å². The maximum atomic E-state index is 11.9. The van der Waals surface area contributed by atoms with Gasteiger partial charge in [0.1, 0.15) is 6.04 Å². The predicted molar refractivity (Wildman–Crippen MR) is 62.5 cm³/mol. The van der Waals surface area contributed by atoms with E-state index >= 15 is 0 Å². The Kier molecular flexibility index (Phi) is 4.93. The Morgan fingerprint density at radius 1 is 1.47 bits per heavy atom. The summed E-state index contributed by atoms with van der Waals surface area (Å²) in [4.78, 5) is 22.9. The van der Waals surface area contributed by atoms with Crippen LogP contribution in [0.4, 0.5) is 0 Å². The van der Waals surface area contributed by atoms with Gasteiger partial charge in [-0.3, -0.25) is 4.79 Å². The zero-order valence-electron chi connectivity index (χ0n) is 10.6. The molecule has 17 heavy (non-hydrogen) atoms. The fraction of sp³-hybridized carbons (Fsp3) is 0.833. The second-order valence-electron chi connectivity index (χ2n) is 5.00. The van der Waals surface area contributed by atoms with Crippen molar-refractivity contribution in [2.24, 2.45) is 11.8 Å². The molecular formula is C12H21NO4. The fourth-order valence-electron chi connectivity index (χ4n) is 2.05. The van der Waals surface area contributed by atoms with Crippen molar-refractivity contribution >= 4 is 11.9 Å². The van der Waals surface area contributed by atoms with Gasteiger partial charge in [-0.05, 0) is 25.7 Å². The third-order valence-electron chi connectivity index (χ3n) is 3.03. The number of nitrogens with one attached hydrogen (secondary N) is 1. The van der Waals surface area contributed by atoms with Gasteiger partial charge in [-0.2, -0.15) is 0 Å². The first-order valence-electron chi connectivity index (χ1n) is 6.06. The Balaban J connectivity index is 2.54. The maximum absolute atomic E-state index is 11.9. The molecular weight excluding hydrogens is 222 g/mol. The van der Waals surface area contributed by atoms with E-state index in [0.717, 1.165) is 0 Å². The van der Waals surface area contributed by atoms with Gasteiger partial charge in [0.25, 0.3) is 0 Å². The summed E-state index contributed by atoms with van der Waals surface area (Å²) in [5, 5.41) is 11.6. The highest BCUT2D eigenvalue weighted by atomic mass is 16.5. The van der Waals surface area contributed by atoms with Crippen LogP contribution in [-0.4, -0.2) is 35.7 Å². The van der Waals surface area contributed by atoms with Crippen LogP contribution in [-0.2, 0) is 14.3 Å². The predicted octanol–water partition coefficient (Wildman–Crippen LogP) is 1.03. The smallest absolute Gasteiger partial charge is 0.326 e. The van der Waals surface area contributed by atoms with E-state index in [1.807, 2.05) is 20.8 Å². The quantitative estimate of drug-likeness (QED) is 0.756. The number of carbonyl (C=O) groups excluding carboxylic acids is 1. The third kappa shape index (κ3) is 4.00. The van der Waals surface area contributed by atoms with Crippen LogP contribution in [0.2, 0.25) is 0 Å². The molecule has 1 fully saturated rings. The first kappa shape index (κ1) is 14.0. The fourth-order valence-corrected chi connectivity index (χ4v) is 2.05. The standard InChI is InChI=1S/C12H21NO4/c1-7(2)6-10(12(15)16)13-11(14)9-4-5-17-8(9)3/h7-10H,4-6H2,1-3H3,(H,13,14)(H,15,16)/t8?,9?,10-/m1/s1. The van der Waals surface area contributed by atoms with Gasteiger partial charge in [0.15, 0.2) is 0 Å². The largest absolute Gasteiger partial charge is 0.480 e. The monoisotopic (exact) mass is 243 g/mol. The van der Waals surface area contributed by atoms with E-state index in [9.17, 15) is 9.59 Å². The van der Waals surface area contributed by atoms with E-state index in [-0.39, 0.29) is 23.8 Å². The molecule has 0 aromatic rings. The van der Waals surface area contributed by atoms with Gasteiger partial charge in [0.2, 0.25) is 5.91 Å². The normalized spacial score (nSPS) is 25.9. The molecule has 0 aromatic carbocycles. The molecule has 0 radical (unpaired) electrons. The maximum Gasteiger partial charge on any atom is 0.326 e. The minimum atomic E-state index is -0.974. The van der Waals surface area contributed by atoms with Gasteiger partial charge in [-0.1, -0.05) is 13.8 Å². The number of carboxylic acids is 1. The second kappa shape index (κ2) is 6.00. The highest BCUT2D eigenvalue weighted by Gasteiger charge is 2.33. The number of aliphatic carboxylic acids is 1. The van der Waals surface area contributed by atoms with E-state index in [4.69, 9.17) is 9.84 Å². The van der Waals surface area contributed by atoms with Crippen LogP contribution < -0.4 is 5.32 Å². The molecule has 0 spiro atoms. The number of amides is 1. The molecule has 1 amide bonds. The number of hydrogen-bond acceptors (Lipinski definition) is 3. The number of carbonyl (C=O) groups is 2. The average molecular weight is 243 g/mol. The summed E-state index contributed by atoms with van der Waals surface area (Å²) in [6.45, 7) is 6.28. The summed E-state index contributed by atoms with van der Waals surface area (Å²) >= 11 is 0. The molecule has 1 heterocycles. The van der Waals surface area contributed by atoms with Crippen LogP contribution in [0, 0.1) is 11.8 Å². The van der Waals surface area contributed by atoms with E-state index in [2.05, 4.69) is 5.32 Å². The average Bonchev–Trinajstić information content (AvgIpc) is 2.62. The molecule has 1 aliphatic heterocycles. The number of ether oxygens (including phenoxy) is 1. The first-order chi connectivity index (χ1) is 7.91. The molecule has 0 bridgehead atoms. The van der Waals surface area contributed by atoms with Crippen molar-refractivity contribution in [1.82, 2.24) is 5.32 Å². The summed E-state index contributed by atoms with van der Waals surface area (Å²) in [5.74, 6) is -1.17. The van der Waals surface area contributed by atoms with Crippen molar-refractivity contribution in [3.63, 3.8) is 0 Å². The van der Waals surface area contributed by atoms with Crippen LogP contribution in [0.25, 0.3) is 0 Å². The first-order valence-corrected chi connectivity index (χ1v) is 6.06. The van der Waals surface area contributed by atoms with Crippen molar-refractivity contribution in [3.05, 3.63) is 0 Å². The van der Waals surface area contributed by atoms with E-state index in [1.165, 1.54) is 0 Å². The summed E-state index contributed by atoms with van der Waals surface area (Å²) in [5.41, 5.74) is 0. The Morgan fingerprint density at radius 3 is 2.53 bits per heavy atom.